The van der Waals surface area contributed by atoms with Crippen molar-refractivity contribution in [3.8, 4) is 23.4 Å². The predicted molar refractivity (Wildman–Crippen MR) is 125 cm³/mol. The third-order valence-electron chi connectivity index (χ3n) is 5.13. The Bertz CT molecular complexity index is 1580. The SMILES string of the molecule is CC(Sc1nc(N)c(C#N)c(-c2c(=O)o[nH][n+]2C)c1C#N)C(=O)Nc1ccc2ccccc2c1. The van der Waals surface area contributed by atoms with Crippen LogP contribution in [0.4, 0.5) is 11.5 Å². The van der Waals surface area contributed by atoms with Crippen LogP contribution in [0.1, 0.15) is 18.1 Å². The number of hydrogen-bond acceptors (Lipinski definition) is 8. The second kappa shape index (κ2) is 9.10. The molecule has 4 aromatic rings. The lowest BCUT2D eigenvalue weighted by Crippen LogP contribution is -2.34. The summed E-state index contributed by atoms with van der Waals surface area (Å²) in [5.41, 5.74) is 5.59. The Balaban J connectivity index is 1.68. The van der Waals surface area contributed by atoms with Gasteiger partial charge >= 0.3 is 11.3 Å². The third kappa shape index (κ3) is 4.08. The van der Waals surface area contributed by atoms with Crippen LogP contribution >= 0.6 is 11.8 Å². The summed E-state index contributed by atoms with van der Waals surface area (Å²) in [5.74, 6) is -0.482. The molecule has 11 heteroatoms. The van der Waals surface area contributed by atoms with Gasteiger partial charge in [-0.05, 0) is 35.1 Å². The number of nitrogen functional groups attached to an aromatic ring is 1. The lowest BCUT2D eigenvalue weighted by atomic mass is 10.0. The average Bonchev–Trinajstić information content (AvgIpc) is 3.16. The maximum absolute atomic E-state index is 12.9. The highest BCUT2D eigenvalue weighted by atomic mass is 32.2. The minimum absolute atomic E-state index is 0.000336. The summed E-state index contributed by atoms with van der Waals surface area (Å²) in [6.07, 6.45) is 0. The van der Waals surface area contributed by atoms with Gasteiger partial charge in [0.05, 0.1) is 10.8 Å². The van der Waals surface area contributed by atoms with Gasteiger partial charge in [-0.3, -0.25) is 9.32 Å². The number of thioether (sulfide) groups is 1. The van der Waals surface area contributed by atoms with Crippen molar-refractivity contribution in [2.45, 2.75) is 17.2 Å². The Morgan fingerprint density at radius 3 is 2.56 bits per heavy atom. The van der Waals surface area contributed by atoms with Crippen LogP contribution < -0.4 is 21.4 Å². The number of aryl methyl sites for hydroxylation is 1. The summed E-state index contributed by atoms with van der Waals surface area (Å²) < 4.78 is 6.02. The molecule has 2 aromatic heterocycles. The molecule has 1 amide bonds. The molecule has 0 aliphatic carbocycles. The number of anilines is 2. The Hall–Kier alpha value is -4.61. The first-order chi connectivity index (χ1) is 16.3. The van der Waals surface area contributed by atoms with E-state index in [-0.39, 0.29) is 39.1 Å². The van der Waals surface area contributed by atoms with Crippen LogP contribution in [0.5, 0.6) is 0 Å². The molecule has 1 atom stereocenters. The average molecular weight is 473 g/mol. The first-order valence-corrected chi connectivity index (χ1v) is 10.9. The summed E-state index contributed by atoms with van der Waals surface area (Å²) in [6.45, 7) is 1.66. The molecule has 0 spiro atoms. The van der Waals surface area contributed by atoms with Gasteiger partial charge in [0, 0.05) is 5.69 Å². The predicted octanol–water partition coefficient (Wildman–Crippen LogP) is 2.45. The fourth-order valence-corrected chi connectivity index (χ4v) is 4.38. The highest BCUT2D eigenvalue weighted by Gasteiger charge is 2.32. The van der Waals surface area contributed by atoms with E-state index in [0.29, 0.717) is 5.69 Å². The molecule has 0 fully saturated rings. The molecular formula is C23H18N7O3S+. The second-order valence-electron chi connectivity index (χ2n) is 7.35. The number of nitriles is 2. The number of nitrogens with zero attached hydrogens (tertiary/aromatic N) is 4. The molecule has 0 aliphatic rings. The molecule has 2 aromatic carbocycles. The van der Waals surface area contributed by atoms with Crippen molar-refractivity contribution >= 4 is 39.9 Å². The number of pyridine rings is 1. The van der Waals surface area contributed by atoms with Crippen molar-refractivity contribution in [2.75, 3.05) is 11.1 Å². The van der Waals surface area contributed by atoms with Crippen LogP contribution in [0.15, 0.2) is 56.8 Å². The van der Waals surface area contributed by atoms with E-state index in [4.69, 9.17) is 10.3 Å². The molecule has 4 rings (SSSR count). The zero-order valence-corrected chi connectivity index (χ0v) is 18.9. The summed E-state index contributed by atoms with van der Waals surface area (Å²) in [5, 5.41) is 26.2. The van der Waals surface area contributed by atoms with Crippen LogP contribution in [0.3, 0.4) is 0 Å². The molecule has 168 valence electrons. The molecule has 0 bridgehead atoms. The van der Waals surface area contributed by atoms with Crippen molar-refractivity contribution < 1.29 is 14.0 Å². The van der Waals surface area contributed by atoms with Crippen LogP contribution in [0, 0.1) is 22.7 Å². The second-order valence-corrected chi connectivity index (χ2v) is 8.68. The topological polar surface area (TPSA) is 165 Å². The van der Waals surface area contributed by atoms with Crippen LogP contribution in [-0.4, -0.2) is 21.4 Å². The number of benzene rings is 2. The number of fused-ring (bicyclic) bond motifs is 1. The van der Waals surface area contributed by atoms with Crippen molar-refractivity contribution in [1.82, 2.24) is 10.3 Å². The summed E-state index contributed by atoms with van der Waals surface area (Å²) in [4.78, 5) is 29.3. The monoisotopic (exact) mass is 472 g/mol. The minimum Gasteiger partial charge on any atom is -0.383 e. The molecule has 34 heavy (non-hydrogen) atoms. The van der Waals surface area contributed by atoms with Gasteiger partial charge in [0.15, 0.2) is 7.05 Å². The van der Waals surface area contributed by atoms with Crippen molar-refractivity contribution in [1.29, 1.82) is 10.5 Å². The number of rotatable bonds is 5. The normalized spacial score (nSPS) is 11.5. The molecule has 0 saturated carbocycles. The Kier molecular flexibility index (Phi) is 6.04. The van der Waals surface area contributed by atoms with Gasteiger partial charge in [-0.2, -0.15) is 10.5 Å². The zero-order valence-electron chi connectivity index (χ0n) is 18.1. The quantitative estimate of drug-likeness (QED) is 0.294. The number of nitrogens with two attached hydrogens (primary N) is 1. The largest absolute Gasteiger partial charge is 0.435 e. The van der Waals surface area contributed by atoms with E-state index in [9.17, 15) is 20.1 Å². The van der Waals surface area contributed by atoms with Crippen LogP contribution in [0.25, 0.3) is 22.0 Å². The maximum atomic E-state index is 12.9. The van der Waals surface area contributed by atoms with Crippen molar-refractivity contribution in [2.24, 2.45) is 7.05 Å². The Morgan fingerprint density at radius 1 is 1.21 bits per heavy atom. The van der Waals surface area contributed by atoms with E-state index in [0.717, 1.165) is 22.5 Å². The number of nitrogens with one attached hydrogen (secondary N) is 2. The van der Waals surface area contributed by atoms with Gasteiger partial charge in [0.1, 0.15) is 34.1 Å². The Labute approximate surface area is 197 Å². The fraction of sp³-hybridized carbons (Fsp3) is 0.130. The third-order valence-corrected chi connectivity index (χ3v) is 6.22. The van der Waals surface area contributed by atoms with Crippen molar-refractivity contribution in [3.63, 3.8) is 0 Å². The fourth-order valence-electron chi connectivity index (χ4n) is 3.46. The maximum Gasteiger partial charge on any atom is 0.435 e. The standard InChI is InChI=1S/C23H17N7O3S/c1-12(21(31)27-15-8-7-13-5-3-4-6-14(13)9-15)34-22-17(11-25)18(16(10-24)20(26)28-22)19-23(32)33-29-30(19)2/h3-9,12H,1-2H3,(H3-,26,27,28,29,31,32)/p+1. The Morgan fingerprint density at radius 2 is 1.91 bits per heavy atom. The van der Waals surface area contributed by atoms with Gasteiger partial charge < -0.3 is 11.1 Å². The smallest absolute Gasteiger partial charge is 0.383 e. The van der Waals surface area contributed by atoms with E-state index >= 15 is 0 Å². The first-order valence-electron chi connectivity index (χ1n) is 10.0. The van der Waals surface area contributed by atoms with Crippen LogP contribution in [-0.2, 0) is 11.8 Å². The summed E-state index contributed by atoms with van der Waals surface area (Å²) in [7, 11) is 1.49. The molecule has 2 heterocycles. The van der Waals surface area contributed by atoms with Gasteiger partial charge in [-0.25, -0.2) is 9.78 Å². The van der Waals surface area contributed by atoms with E-state index in [1.807, 2.05) is 48.5 Å². The molecule has 0 radical (unpaired) electrons. The number of H-pyrrole nitrogens is 1. The molecule has 0 aliphatic heterocycles. The molecule has 4 N–H and O–H groups in total. The van der Waals surface area contributed by atoms with E-state index < -0.39 is 10.9 Å². The molecule has 1 unspecified atom stereocenters. The molecular weight excluding hydrogens is 454 g/mol. The van der Waals surface area contributed by atoms with Gasteiger partial charge in [0.2, 0.25) is 5.91 Å². The summed E-state index contributed by atoms with van der Waals surface area (Å²) in [6, 6.07) is 17.3. The number of aromatic nitrogens is 3. The lowest BCUT2D eigenvalue weighted by molar-refractivity contribution is -0.730. The lowest BCUT2D eigenvalue weighted by Gasteiger charge is -2.14. The first kappa shape index (κ1) is 22.6. The van der Waals surface area contributed by atoms with Gasteiger partial charge in [0.25, 0.3) is 0 Å². The van der Waals surface area contributed by atoms with Crippen molar-refractivity contribution in [3.05, 3.63) is 64.0 Å². The highest BCUT2D eigenvalue weighted by molar-refractivity contribution is 8.00. The number of carbonyl (C=O) groups is 1. The van der Waals surface area contributed by atoms with Gasteiger partial charge in [-0.1, -0.05) is 46.8 Å². The zero-order chi connectivity index (χ0) is 24.4. The molecule has 0 saturated heterocycles. The van der Waals surface area contributed by atoms with E-state index in [1.165, 1.54) is 11.7 Å². The van der Waals surface area contributed by atoms with E-state index in [2.05, 4.69) is 15.6 Å². The highest BCUT2D eigenvalue weighted by Crippen LogP contribution is 2.35. The number of amides is 1. The van der Waals surface area contributed by atoms with Crippen LogP contribution in [0.2, 0.25) is 0 Å². The number of hydrogen-bond donors (Lipinski definition) is 3. The van der Waals surface area contributed by atoms with Gasteiger partial charge in [-0.15, -0.1) is 0 Å². The summed E-state index contributed by atoms with van der Waals surface area (Å²) >= 11 is 0.995. The molecule has 10 nitrogen and oxygen atoms in total. The minimum atomic E-state index is -0.779. The number of carbonyl (C=O) groups excluding carboxylic acids is 1. The van der Waals surface area contributed by atoms with E-state index in [1.54, 1.807) is 13.0 Å². The number of aromatic amines is 1.